The van der Waals surface area contributed by atoms with Crippen LogP contribution in [0.5, 0.6) is 5.75 Å². The van der Waals surface area contributed by atoms with Gasteiger partial charge in [0.2, 0.25) is 0 Å². The summed E-state index contributed by atoms with van der Waals surface area (Å²) >= 11 is 6.29. The molecule has 0 aliphatic rings. The van der Waals surface area contributed by atoms with E-state index in [2.05, 4.69) is 0 Å². The lowest BCUT2D eigenvalue weighted by Gasteiger charge is -2.25. The number of rotatable bonds is 7. The van der Waals surface area contributed by atoms with E-state index in [0.717, 1.165) is 0 Å². The Kier molecular flexibility index (Phi) is 8.23. The van der Waals surface area contributed by atoms with Crippen molar-refractivity contribution in [2.75, 3.05) is 6.61 Å². The SMILES string of the molecule is CCOc1ccc(-c2c(F)c(-c3ccc(F)cc3)c(-c3ccc(F)cc3)c(-c3ccc(Cl)cc3)c2-c2ccc(F)cc2)cc1. The first-order valence-electron chi connectivity index (χ1n) is 14.0. The van der Waals surface area contributed by atoms with Crippen molar-refractivity contribution in [3.05, 3.63) is 150 Å². The first-order valence-corrected chi connectivity index (χ1v) is 14.4. The van der Waals surface area contributed by atoms with Gasteiger partial charge < -0.3 is 4.74 Å². The maximum absolute atomic E-state index is 17.5. The zero-order chi connectivity index (χ0) is 30.8. The van der Waals surface area contributed by atoms with Gasteiger partial charge in [-0.2, -0.15) is 0 Å². The highest BCUT2D eigenvalue weighted by Gasteiger charge is 2.29. The van der Waals surface area contributed by atoms with Crippen molar-refractivity contribution in [1.82, 2.24) is 0 Å². The fourth-order valence-corrected chi connectivity index (χ4v) is 5.60. The average Bonchev–Trinajstić information content (AvgIpc) is 3.03. The van der Waals surface area contributed by atoms with E-state index < -0.39 is 23.3 Å². The molecule has 0 atom stereocenters. The lowest BCUT2D eigenvalue weighted by atomic mass is 9.78. The highest BCUT2D eigenvalue weighted by Crippen LogP contribution is 2.52. The molecule has 0 saturated carbocycles. The van der Waals surface area contributed by atoms with Gasteiger partial charge in [-0.1, -0.05) is 72.3 Å². The quantitative estimate of drug-likeness (QED) is 0.164. The van der Waals surface area contributed by atoms with Gasteiger partial charge in [0.25, 0.3) is 0 Å². The Balaban J connectivity index is 1.84. The lowest BCUT2D eigenvalue weighted by molar-refractivity contribution is 0.340. The summed E-state index contributed by atoms with van der Waals surface area (Å²) in [6.07, 6.45) is 0. The lowest BCUT2D eigenvalue weighted by Crippen LogP contribution is -2.03. The molecule has 0 bridgehead atoms. The van der Waals surface area contributed by atoms with E-state index in [1.54, 1.807) is 60.7 Å². The van der Waals surface area contributed by atoms with E-state index in [-0.39, 0.29) is 11.1 Å². The molecule has 0 heterocycles. The number of hydrogen-bond donors (Lipinski definition) is 0. The fraction of sp³-hybridized carbons (Fsp3) is 0.0526. The maximum atomic E-state index is 17.5. The van der Waals surface area contributed by atoms with Crippen molar-refractivity contribution in [1.29, 1.82) is 0 Å². The summed E-state index contributed by atoms with van der Waals surface area (Å²) < 4.78 is 65.7. The Morgan fingerprint density at radius 2 is 0.727 bits per heavy atom. The van der Waals surface area contributed by atoms with Gasteiger partial charge in [0.05, 0.1) is 6.61 Å². The molecule has 0 aromatic heterocycles. The van der Waals surface area contributed by atoms with Crippen molar-refractivity contribution in [2.45, 2.75) is 6.92 Å². The molecule has 1 nitrogen and oxygen atoms in total. The van der Waals surface area contributed by atoms with Crippen LogP contribution in [0.25, 0.3) is 55.6 Å². The second kappa shape index (κ2) is 12.4. The summed E-state index contributed by atoms with van der Waals surface area (Å²) in [5, 5.41) is 0.507. The first kappa shape index (κ1) is 29.2. The predicted molar refractivity (Wildman–Crippen MR) is 170 cm³/mol. The van der Waals surface area contributed by atoms with Crippen molar-refractivity contribution in [3.8, 4) is 61.4 Å². The number of hydrogen-bond acceptors (Lipinski definition) is 1. The van der Waals surface area contributed by atoms with Crippen LogP contribution in [-0.2, 0) is 0 Å². The summed E-state index contributed by atoms with van der Waals surface area (Å²) in [5.74, 6) is -1.30. The molecule has 0 saturated heterocycles. The Morgan fingerprint density at radius 3 is 1.09 bits per heavy atom. The monoisotopic (exact) mass is 608 g/mol. The second-order valence-electron chi connectivity index (χ2n) is 10.2. The number of benzene rings is 6. The summed E-state index contributed by atoms with van der Waals surface area (Å²) in [4.78, 5) is 0. The molecule has 0 spiro atoms. The van der Waals surface area contributed by atoms with Gasteiger partial charge in [0.1, 0.15) is 29.0 Å². The summed E-state index contributed by atoms with van der Waals surface area (Å²) in [6, 6.07) is 31.4. The van der Waals surface area contributed by atoms with Crippen molar-refractivity contribution in [3.63, 3.8) is 0 Å². The molecular formula is C38H25ClF4O. The molecule has 0 fully saturated rings. The summed E-state index contributed by atoms with van der Waals surface area (Å²) in [6.45, 7) is 2.35. The summed E-state index contributed by atoms with van der Waals surface area (Å²) in [7, 11) is 0. The van der Waals surface area contributed by atoms with Crippen LogP contribution in [-0.4, -0.2) is 6.61 Å². The van der Waals surface area contributed by atoms with Crippen LogP contribution in [0.15, 0.2) is 121 Å². The maximum Gasteiger partial charge on any atom is 0.140 e. The third kappa shape index (κ3) is 5.71. The number of halogens is 5. The largest absolute Gasteiger partial charge is 0.494 e. The highest BCUT2D eigenvalue weighted by molar-refractivity contribution is 6.30. The topological polar surface area (TPSA) is 9.23 Å². The molecule has 0 radical (unpaired) electrons. The van der Waals surface area contributed by atoms with E-state index >= 15 is 4.39 Å². The van der Waals surface area contributed by atoms with Gasteiger partial charge >= 0.3 is 0 Å². The fourth-order valence-electron chi connectivity index (χ4n) is 5.48. The Hall–Kier alpha value is -4.87. The second-order valence-corrected chi connectivity index (χ2v) is 10.6. The molecule has 218 valence electrons. The van der Waals surface area contributed by atoms with Crippen LogP contribution in [0.2, 0.25) is 5.02 Å². The summed E-state index contributed by atoms with van der Waals surface area (Å²) in [5.41, 5.74) is 4.82. The molecule has 6 heteroatoms. The van der Waals surface area contributed by atoms with Crippen LogP contribution in [0.4, 0.5) is 17.6 Å². The molecule has 0 aliphatic heterocycles. The van der Waals surface area contributed by atoms with E-state index in [9.17, 15) is 13.2 Å². The minimum Gasteiger partial charge on any atom is -0.494 e. The molecule has 0 amide bonds. The van der Waals surface area contributed by atoms with Crippen LogP contribution < -0.4 is 4.74 Å². The van der Waals surface area contributed by atoms with Gasteiger partial charge in [-0.25, -0.2) is 17.6 Å². The highest BCUT2D eigenvalue weighted by atomic mass is 35.5. The van der Waals surface area contributed by atoms with E-state index in [1.165, 1.54) is 48.5 Å². The molecule has 0 N–H and O–H groups in total. The van der Waals surface area contributed by atoms with E-state index in [4.69, 9.17) is 16.3 Å². The standard InChI is InChI=1S/C38H25ClF4O/c1-2-44-32-21-11-27(12-22-32)37-35(25-7-17-30(41)18-8-25)33(23-3-13-28(39)14-4-23)34(24-5-15-29(40)16-6-24)36(38(37)43)26-9-19-31(42)20-10-26/h3-22H,2H2,1H3. The minimum atomic E-state index is -0.572. The van der Waals surface area contributed by atoms with Crippen molar-refractivity contribution < 1.29 is 22.3 Å². The third-order valence-corrected chi connectivity index (χ3v) is 7.68. The third-order valence-electron chi connectivity index (χ3n) is 7.42. The van der Waals surface area contributed by atoms with E-state index in [0.29, 0.717) is 61.9 Å². The van der Waals surface area contributed by atoms with Crippen LogP contribution in [0.1, 0.15) is 6.92 Å². The van der Waals surface area contributed by atoms with Gasteiger partial charge in [-0.05, 0) is 101 Å². The first-order chi connectivity index (χ1) is 21.3. The van der Waals surface area contributed by atoms with Crippen LogP contribution in [0.3, 0.4) is 0 Å². The zero-order valence-electron chi connectivity index (χ0n) is 23.6. The van der Waals surface area contributed by atoms with Crippen LogP contribution in [0, 0.1) is 23.3 Å². The van der Waals surface area contributed by atoms with Gasteiger partial charge in [-0.15, -0.1) is 0 Å². The Morgan fingerprint density at radius 1 is 0.432 bits per heavy atom. The molecule has 6 rings (SSSR count). The Bertz CT molecular complexity index is 1920. The normalized spacial score (nSPS) is 11.0. The molecular weight excluding hydrogens is 584 g/mol. The minimum absolute atomic E-state index is 0.205. The predicted octanol–water partition coefficient (Wildman–Crippen LogP) is 11.6. The Labute approximate surface area is 258 Å². The van der Waals surface area contributed by atoms with Gasteiger partial charge in [-0.3, -0.25) is 0 Å². The van der Waals surface area contributed by atoms with E-state index in [1.807, 2.05) is 19.1 Å². The van der Waals surface area contributed by atoms with Crippen molar-refractivity contribution >= 4 is 11.6 Å². The van der Waals surface area contributed by atoms with Crippen molar-refractivity contribution in [2.24, 2.45) is 0 Å². The zero-order valence-corrected chi connectivity index (χ0v) is 24.3. The van der Waals surface area contributed by atoms with Crippen LogP contribution >= 0.6 is 11.6 Å². The molecule has 0 aliphatic carbocycles. The number of ether oxygens (including phenoxy) is 1. The van der Waals surface area contributed by atoms with Gasteiger partial charge in [0, 0.05) is 27.3 Å². The molecule has 44 heavy (non-hydrogen) atoms. The van der Waals surface area contributed by atoms with Gasteiger partial charge in [0.15, 0.2) is 0 Å². The molecule has 0 unspecified atom stereocenters. The molecule has 6 aromatic rings. The average molecular weight is 609 g/mol. The molecule has 6 aromatic carbocycles. The smallest absolute Gasteiger partial charge is 0.140 e.